The van der Waals surface area contributed by atoms with Crippen molar-refractivity contribution < 1.29 is 34.1 Å². The molecule has 34 heavy (non-hydrogen) atoms. The van der Waals surface area contributed by atoms with E-state index in [1.54, 1.807) is 0 Å². The summed E-state index contributed by atoms with van der Waals surface area (Å²) in [6.07, 6.45) is -0.878. The largest absolute Gasteiger partial charge is 0.481 e. The van der Waals surface area contributed by atoms with Crippen molar-refractivity contribution in [3.05, 3.63) is 59.7 Å². The molecule has 1 aliphatic rings. The highest BCUT2D eigenvalue weighted by Gasteiger charge is 2.30. The van der Waals surface area contributed by atoms with E-state index >= 15 is 0 Å². The molecule has 0 fully saturated rings. The molecule has 2 aromatic rings. The van der Waals surface area contributed by atoms with Crippen molar-refractivity contribution in [2.45, 2.75) is 37.3 Å². The zero-order valence-corrected chi connectivity index (χ0v) is 19.0. The number of benzene rings is 2. The predicted octanol–water partition coefficient (Wildman–Crippen LogP) is 2.27. The molecular weight excluding hydrogens is 440 g/mol. The van der Waals surface area contributed by atoms with Crippen molar-refractivity contribution in [3.63, 3.8) is 0 Å². The summed E-state index contributed by atoms with van der Waals surface area (Å²) in [7, 11) is 1.50. The molecule has 9 heteroatoms. The van der Waals surface area contributed by atoms with Gasteiger partial charge in [0, 0.05) is 26.1 Å². The normalized spacial score (nSPS) is 13.9. The number of carbonyl (C=O) groups excluding carboxylic acids is 2. The number of fused-ring (bicyclic) bond motifs is 3. The highest BCUT2D eigenvalue weighted by molar-refractivity contribution is 5.86. The number of hydrogen-bond acceptors (Lipinski definition) is 6. The predicted molar refractivity (Wildman–Crippen MR) is 124 cm³/mol. The van der Waals surface area contributed by atoms with Crippen molar-refractivity contribution >= 4 is 18.0 Å². The molecular formula is C25H30N2O7. The number of carboxylic acids is 1. The van der Waals surface area contributed by atoms with Gasteiger partial charge in [0.15, 0.2) is 0 Å². The van der Waals surface area contributed by atoms with Crippen LogP contribution >= 0.6 is 0 Å². The summed E-state index contributed by atoms with van der Waals surface area (Å²) in [5, 5.41) is 23.6. The molecule has 0 bridgehead atoms. The number of ether oxygens (including phenoxy) is 2. The van der Waals surface area contributed by atoms with Crippen molar-refractivity contribution in [3.8, 4) is 11.1 Å². The minimum Gasteiger partial charge on any atom is -0.481 e. The lowest BCUT2D eigenvalue weighted by atomic mass is 9.98. The van der Waals surface area contributed by atoms with Crippen LogP contribution in [0.5, 0.6) is 0 Å². The van der Waals surface area contributed by atoms with Gasteiger partial charge in [0.05, 0.1) is 12.6 Å². The van der Waals surface area contributed by atoms with Crippen LogP contribution in [0.3, 0.4) is 0 Å². The number of aliphatic hydroxyl groups is 1. The number of rotatable bonds is 12. The van der Waals surface area contributed by atoms with E-state index in [-0.39, 0.29) is 32.0 Å². The highest BCUT2D eigenvalue weighted by Crippen LogP contribution is 2.44. The van der Waals surface area contributed by atoms with Crippen LogP contribution in [0.15, 0.2) is 48.5 Å². The highest BCUT2D eigenvalue weighted by atomic mass is 16.5. The average molecular weight is 471 g/mol. The molecule has 0 radical (unpaired) electrons. The molecule has 3 rings (SSSR count). The Morgan fingerprint density at radius 1 is 0.971 bits per heavy atom. The number of amides is 2. The Kier molecular flexibility index (Phi) is 9.00. The summed E-state index contributed by atoms with van der Waals surface area (Å²) in [5.41, 5.74) is 4.30. The number of carbonyl (C=O) groups is 3. The summed E-state index contributed by atoms with van der Waals surface area (Å²) in [5.74, 6) is -1.83. The first-order valence-electron chi connectivity index (χ1n) is 11.2. The van der Waals surface area contributed by atoms with Gasteiger partial charge in [-0.1, -0.05) is 48.5 Å². The second-order valence-corrected chi connectivity index (χ2v) is 8.12. The van der Waals surface area contributed by atoms with Crippen molar-refractivity contribution in [2.24, 2.45) is 0 Å². The van der Waals surface area contributed by atoms with Crippen LogP contribution < -0.4 is 10.6 Å². The van der Waals surface area contributed by atoms with Crippen molar-refractivity contribution in [1.82, 2.24) is 10.6 Å². The SMILES string of the molecule is COCCC(CO)NC(=O)C(CCC(=O)O)NC(=O)OCC1c2ccccc2-c2ccccc21. The minimum absolute atomic E-state index is 0.0697. The maximum atomic E-state index is 12.7. The van der Waals surface area contributed by atoms with E-state index < -0.39 is 30.1 Å². The lowest BCUT2D eigenvalue weighted by Crippen LogP contribution is -2.51. The fourth-order valence-corrected chi connectivity index (χ4v) is 4.09. The summed E-state index contributed by atoms with van der Waals surface area (Å²) in [4.78, 5) is 36.3. The van der Waals surface area contributed by atoms with E-state index in [0.717, 1.165) is 22.3 Å². The fourth-order valence-electron chi connectivity index (χ4n) is 4.09. The zero-order valence-electron chi connectivity index (χ0n) is 19.0. The molecule has 0 aromatic heterocycles. The maximum absolute atomic E-state index is 12.7. The van der Waals surface area contributed by atoms with Crippen LogP contribution in [0, 0.1) is 0 Å². The Balaban J connectivity index is 1.64. The summed E-state index contributed by atoms with van der Waals surface area (Å²) in [6, 6.07) is 14.2. The smallest absolute Gasteiger partial charge is 0.407 e. The van der Waals surface area contributed by atoms with Crippen LogP contribution in [0.25, 0.3) is 11.1 Å². The number of aliphatic carboxylic acids is 1. The first-order chi connectivity index (χ1) is 16.4. The van der Waals surface area contributed by atoms with E-state index in [4.69, 9.17) is 14.6 Å². The third-order valence-electron chi connectivity index (χ3n) is 5.84. The molecule has 0 aliphatic heterocycles. The average Bonchev–Trinajstić information content (AvgIpc) is 3.16. The molecule has 2 amide bonds. The first-order valence-corrected chi connectivity index (χ1v) is 11.2. The summed E-state index contributed by atoms with van der Waals surface area (Å²) in [6.45, 7) is 0.0804. The van der Waals surface area contributed by atoms with Crippen molar-refractivity contribution in [1.29, 1.82) is 0 Å². The van der Waals surface area contributed by atoms with Gasteiger partial charge in [-0.2, -0.15) is 0 Å². The third-order valence-corrected chi connectivity index (χ3v) is 5.84. The number of nitrogens with one attached hydrogen (secondary N) is 2. The van der Waals surface area contributed by atoms with Gasteiger partial charge in [0.2, 0.25) is 5.91 Å². The quantitative estimate of drug-likeness (QED) is 0.374. The Bertz CT molecular complexity index is 965. The fraction of sp³-hybridized carbons (Fsp3) is 0.400. The minimum atomic E-state index is -1.12. The number of carboxylic acid groups (broad SMARTS) is 1. The molecule has 0 saturated heterocycles. The number of methoxy groups -OCH3 is 1. The number of aliphatic hydroxyl groups excluding tert-OH is 1. The van der Waals surface area contributed by atoms with E-state index in [2.05, 4.69) is 10.6 Å². The van der Waals surface area contributed by atoms with Crippen LogP contribution in [-0.2, 0) is 19.1 Å². The van der Waals surface area contributed by atoms with E-state index in [1.807, 2.05) is 48.5 Å². The topological polar surface area (TPSA) is 134 Å². The van der Waals surface area contributed by atoms with E-state index in [9.17, 15) is 19.5 Å². The Hall–Kier alpha value is -3.43. The van der Waals surface area contributed by atoms with Gasteiger partial charge in [0.25, 0.3) is 0 Å². The summed E-state index contributed by atoms with van der Waals surface area (Å²) < 4.78 is 10.4. The molecule has 2 aromatic carbocycles. The molecule has 9 nitrogen and oxygen atoms in total. The van der Waals surface area contributed by atoms with Gasteiger partial charge < -0.3 is 30.3 Å². The van der Waals surface area contributed by atoms with Gasteiger partial charge in [-0.15, -0.1) is 0 Å². The Morgan fingerprint density at radius 3 is 2.15 bits per heavy atom. The van der Waals surface area contributed by atoms with Gasteiger partial charge >= 0.3 is 12.1 Å². The lowest BCUT2D eigenvalue weighted by molar-refractivity contribution is -0.137. The van der Waals surface area contributed by atoms with Crippen LogP contribution in [0.1, 0.15) is 36.3 Å². The number of alkyl carbamates (subject to hydrolysis) is 1. The Labute approximate surface area is 198 Å². The van der Waals surface area contributed by atoms with Crippen molar-refractivity contribution in [2.75, 3.05) is 26.9 Å². The second kappa shape index (κ2) is 12.2. The molecule has 0 saturated carbocycles. The maximum Gasteiger partial charge on any atom is 0.407 e. The molecule has 4 N–H and O–H groups in total. The van der Waals surface area contributed by atoms with Gasteiger partial charge in [-0.3, -0.25) is 9.59 Å². The molecule has 182 valence electrons. The molecule has 0 spiro atoms. The van der Waals surface area contributed by atoms with Gasteiger partial charge in [-0.25, -0.2) is 4.79 Å². The van der Waals surface area contributed by atoms with E-state index in [1.165, 1.54) is 7.11 Å². The number of hydrogen-bond donors (Lipinski definition) is 4. The standard InChI is InChI=1S/C25H30N2O7/c1-33-13-12-16(14-28)26-24(31)22(10-11-23(29)30)27-25(32)34-15-21-19-8-4-2-6-17(19)18-7-3-5-9-20(18)21/h2-9,16,21-22,28H,10-15H2,1H3,(H,26,31)(H,27,32)(H,29,30). The van der Waals surface area contributed by atoms with Gasteiger partial charge in [-0.05, 0) is 35.1 Å². The molecule has 1 aliphatic carbocycles. The van der Waals surface area contributed by atoms with Gasteiger partial charge in [0.1, 0.15) is 12.6 Å². The lowest BCUT2D eigenvalue weighted by Gasteiger charge is -2.22. The first kappa shape index (κ1) is 25.2. The second-order valence-electron chi connectivity index (χ2n) is 8.12. The molecule has 2 atom stereocenters. The van der Waals surface area contributed by atoms with Crippen LogP contribution in [-0.4, -0.2) is 67.2 Å². The zero-order chi connectivity index (χ0) is 24.5. The van der Waals surface area contributed by atoms with Crippen LogP contribution in [0.4, 0.5) is 4.79 Å². The van der Waals surface area contributed by atoms with E-state index in [0.29, 0.717) is 13.0 Å². The molecule has 0 heterocycles. The summed E-state index contributed by atoms with van der Waals surface area (Å²) >= 11 is 0. The third kappa shape index (κ3) is 6.33. The Morgan fingerprint density at radius 2 is 1.59 bits per heavy atom. The molecule has 2 unspecified atom stereocenters. The van der Waals surface area contributed by atoms with Crippen LogP contribution in [0.2, 0.25) is 0 Å². The monoisotopic (exact) mass is 470 g/mol.